The summed E-state index contributed by atoms with van der Waals surface area (Å²) < 4.78 is 87.8. The molecule has 6 nitrogen and oxygen atoms in total. The van der Waals surface area contributed by atoms with Crippen molar-refractivity contribution in [3.05, 3.63) is 58.9 Å². The molecule has 13 heteroatoms. The minimum atomic E-state index is -4.59. The lowest BCUT2D eigenvalue weighted by Gasteiger charge is -2.20. The van der Waals surface area contributed by atoms with Gasteiger partial charge < -0.3 is 15.3 Å². The first-order chi connectivity index (χ1) is 14.8. The van der Waals surface area contributed by atoms with Gasteiger partial charge in [0.05, 0.1) is 22.6 Å². The molecule has 0 bridgehead atoms. The fraction of sp³-hybridized carbons (Fsp3) is 0.316. The molecule has 2 aromatic rings. The van der Waals surface area contributed by atoms with Crippen LogP contribution in [0.25, 0.3) is 0 Å². The lowest BCUT2D eigenvalue weighted by Crippen LogP contribution is -2.37. The minimum absolute atomic E-state index is 0.0438. The SMILES string of the molecule is N#Cc1cc(C(F)(F)F)ccc1S(=O)N1CCC(O)(CO)C1.Oc1cc(F)c(F)c(F)c1. The number of aliphatic hydroxyl groups excluding tert-OH is 1. The molecule has 3 rings (SSSR count). The van der Waals surface area contributed by atoms with E-state index in [0.717, 1.165) is 12.1 Å². The Kier molecular flexibility index (Phi) is 7.89. The Labute approximate surface area is 180 Å². The number of hydrogen-bond acceptors (Lipinski definition) is 5. The first-order valence-electron chi connectivity index (χ1n) is 8.76. The average Bonchev–Trinajstić information content (AvgIpc) is 3.13. The maximum absolute atomic E-state index is 12.6. The molecule has 174 valence electrons. The number of aromatic hydroxyl groups is 1. The van der Waals surface area contributed by atoms with Gasteiger partial charge in [0.2, 0.25) is 0 Å². The van der Waals surface area contributed by atoms with Crippen LogP contribution < -0.4 is 0 Å². The lowest BCUT2D eigenvalue weighted by atomic mass is 10.1. The van der Waals surface area contributed by atoms with Crippen LogP contribution in [0.1, 0.15) is 17.5 Å². The molecule has 32 heavy (non-hydrogen) atoms. The Hall–Kier alpha value is -2.66. The highest BCUT2D eigenvalue weighted by molar-refractivity contribution is 7.82. The number of phenols is 1. The van der Waals surface area contributed by atoms with E-state index in [-0.39, 0.29) is 30.0 Å². The van der Waals surface area contributed by atoms with Crippen molar-refractivity contribution in [1.82, 2.24) is 4.31 Å². The van der Waals surface area contributed by atoms with E-state index in [1.54, 1.807) is 6.07 Å². The number of phenolic OH excluding ortho intramolecular Hbond substituents is 1. The van der Waals surface area contributed by atoms with Gasteiger partial charge in [0.25, 0.3) is 0 Å². The zero-order valence-corrected chi connectivity index (χ0v) is 16.9. The Morgan fingerprint density at radius 2 is 1.75 bits per heavy atom. The van der Waals surface area contributed by atoms with Crippen LogP contribution in [-0.4, -0.2) is 49.1 Å². The second-order valence-corrected chi connectivity index (χ2v) is 8.24. The first kappa shape index (κ1) is 25.6. The van der Waals surface area contributed by atoms with Gasteiger partial charge in [0, 0.05) is 25.2 Å². The molecule has 2 unspecified atom stereocenters. The van der Waals surface area contributed by atoms with Gasteiger partial charge in [-0.25, -0.2) is 21.7 Å². The van der Waals surface area contributed by atoms with E-state index in [9.17, 15) is 35.7 Å². The number of hydrogen-bond donors (Lipinski definition) is 3. The highest BCUT2D eigenvalue weighted by Gasteiger charge is 2.39. The van der Waals surface area contributed by atoms with Gasteiger partial charge in [0.1, 0.15) is 28.4 Å². The smallest absolute Gasteiger partial charge is 0.416 e. The monoisotopic (exact) mass is 482 g/mol. The maximum Gasteiger partial charge on any atom is 0.416 e. The summed E-state index contributed by atoms with van der Waals surface area (Å²) in [6.45, 7) is -0.379. The minimum Gasteiger partial charge on any atom is -0.508 e. The Morgan fingerprint density at radius 1 is 1.16 bits per heavy atom. The van der Waals surface area contributed by atoms with Crippen LogP contribution in [0.2, 0.25) is 0 Å². The topological polar surface area (TPSA) is 105 Å². The van der Waals surface area contributed by atoms with Crippen LogP contribution in [-0.2, 0) is 17.2 Å². The summed E-state index contributed by atoms with van der Waals surface area (Å²) in [6, 6.07) is 5.04. The molecule has 2 atom stereocenters. The van der Waals surface area contributed by atoms with Crippen LogP contribution in [0.3, 0.4) is 0 Å². The average molecular weight is 482 g/mol. The molecule has 0 radical (unpaired) electrons. The van der Waals surface area contributed by atoms with Gasteiger partial charge in [0.15, 0.2) is 17.5 Å². The molecule has 1 fully saturated rings. The lowest BCUT2D eigenvalue weighted by molar-refractivity contribution is -0.137. The van der Waals surface area contributed by atoms with E-state index < -0.39 is 58.1 Å². The van der Waals surface area contributed by atoms with Crippen LogP contribution in [0.4, 0.5) is 26.3 Å². The Balaban J connectivity index is 0.000000303. The van der Waals surface area contributed by atoms with Crippen molar-refractivity contribution in [1.29, 1.82) is 5.26 Å². The van der Waals surface area contributed by atoms with Crippen molar-refractivity contribution in [3.8, 4) is 11.8 Å². The number of benzene rings is 2. The summed E-state index contributed by atoms with van der Waals surface area (Å²) in [5.74, 6) is -4.98. The molecule has 0 spiro atoms. The van der Waals surface area contributed by atoms with Crippen molar-refractivity contribution in [2.45, 2.75) is 23.1 Å². The van der Waals surface area contributed by atoms with Gasteiger partial charge in [-0.3, -0.25) is 0 Å². The molecule has 0 aromatic heterocycles. The highest BCUT2D eigenvalue weighted by atomic mass is 32.2. The number of aliphatic hydroxyl groups is 2. The number of halogens is 6. The van der Waals surface area contributed by atoms with E-state index in [1.807, 2.05) is 0 Å². The number of nitrogens with zero attached hydrogens (tertiary/aromatic N) is 2. The normalized spacial score (nSPS) is 19.7. The number of nitriles is 1. The van der Waals surface area contributed by atoms with Crippen LogP contribution >= 0.6 is 0 Å². The van der Waals surface area contributed by atoms with Gasteiger partial charge in [-0.05, 0) is 24.6 Å². The van der Waals surface area contributed by atoms with Crippen molar-refractivity contribution in [2.24, 2.45) is 0 Å². The second-order valence-electron chi connectivity index (χ2n) is 6.79. The molecule has 1 aliphatic rings. The van der Waals surface area contributed by atoms with Crippen LogP contribution in [0.5, 0.6) is 5.75 Å². The van der Waals surface area contributed by atoms with E-state index in [1.165, 1.54) is 4.31 Å². The molecule has 3 N–H and O–H groups in total. The number of rotatable bonds is 3. The molecule has 2 aromatic carbocycles. The molecular weight excluding hydrogens is 466 g/mol. The zero-order valence-electron chi connectivity index (χ0n) is 16.0. The van der Waals surface area contributed by atoms with E-state index in [2.05, 4.69) is 0 Å². The fourth-order valence-corrected chi connectivity index (χ4v) is 4.09. The molecule has 1 saturated heterocycles. The Bertz CT molecular complexity index is 1040. The predicted octanol–water partition coefficient (Wildman–Crippen LogP) is 2.84. The van der Waals surface area contributed by atoms with Crippen molar-refractivity contribution >= 4 is 11.0 Å². The van der Waals surface area contributed by atoms with Crippen molar-refractivity contribution in [2.75, 3.05) is 19.7 Å². The summed E-state index contributed by atoms with van der Waals surface area (Å²) in [5, 5.41) is 36.4. The third kappa shape index (κ3) is 5.98. The van der Waals surface area contributed by atoms with Crippen LogP contribution in [0, 0.1) is 28.8 Å². The van der Waals surface area contributed by atoms with Crippen molar-refractivity contribution < 1.29 is 45.9 Å². The predicted molar refractivity (Wildman–Crippen MR) is 98.8 cm³/mol. The largest absolute Gasteiger partial charge is 0.508 e. The van der Waals surface area contributed by atoms with E-state index >= 15 is 0 Å². The maximum atomic E-state index is 12.6. The van der Waals surface area contributed by atoms with Gasteiger partial charge in [-0.15, -0.1) is 0 Å². The highest BCUT2D eigenvalue weighted by Crippen LogP contribution is 2.32. The zero-order chi connectivity index (χ0) is 24.3. The first-order valence-corrected chi connectivity index (χ1v) is 9.87. The molecule has 0 amide bonds. The fourth-order valence-electron chi connectivity index (χ4n) is 2.72. The standard InChI is InChI=1S/C13H13F3N2O3S.C6H3F3O/c14-13(15,16)10-1-2-11(9(5-10)6-17)22(21)18-4-3-12(20,7-18)8-19;7-4-1-3(10)2-5(8)6(4)9/h1-2,5,19-20H,3-4,7-8H2;1-2,10H. The molecular formula is C19H16F6N2O4S. The van der Waals surface area contributed by atoms with E-state index in [4.69, 9.17) is 15.5 Å². The summed E-state index contributed by atoms with van der Waals surface area (Å²) in [6.07, 6.45) is -4.39. The summed E-state index contributed by atoms with van der Waals surface area (Å²) in [7, 11) is -1.88. The number of alkyl halides is 3. The summed E-state index contributed by atoms with van der Waals surface area (Å²) in [4.78, 5) is -0.0438. The van der Waals surface area contributed by atoms with Crippen LogP contribution in [0.15, 0.2) is 35.2 Å². The summed E-state index contributed by atoms with van der Waals surface area (Å²) in [5.41, 5.74) is -2.69. The molecule has 1 aliphatic heterocycles. The van der Waals surface area contributed by atoms with Crippen molar-refractivity contribution in [3.63, 3.8) is 0 Å². The number of β-amino-alcohol motifs (C(OH)–C–C–N with tert-alkyl or cyclic N) is 1. The van der Waals surface area contributed by atoms with E-state index in [0.29, 0.717) is 18.2 Å². The summed E-state index contributed by atoms with van der Waals surface area (Å²) >= 11 is 0. The third-order valence-electron chi connectivity index (χ3n) is 4.41. The third-order valence-corrected chi connectivity index (χ3v) is 5.92. The molecule has 0 saturated carbocycles. The van der Waals surface area contributed by atoms with Gasteiger partial charge in [-0.2, -0.15) is 18.4 Å². The van der Waals surface area contributed by atoms with Gasteiger partial charge >= 0.3 is 6.18 Å². The van der Waals surface area contributed by atoms with Gasteiger partial charge in [-0.1, -0.05) is 0 Å². The Morgan fingerprint density at radius 3 is 2.22 bits per heavy atom. The molecule has 1 heterocycles. The quantitative estimate of drug-likeness (QED) is 0.461. The molecule has 0 aliphatic carbocycles. The second kappa shape index (κ2) is 9.86.